The largest absolute Gasteiger partial charge is 0.393 e. The molecule has 1 N–H and O–H groups in total. The molecule has 1 unspecified atom stereocenters. The van der Waals surface area contributed by atoms with Gasteiger partial charge in [0.05, 0.1) is 6.10 Å². The van der Waals surface area contributed by atoms with Crippen molar-refractivity contribution in [3.63, 3.8) is 0 Å². The number of hydrogen-bond acceptors (Lipinski definition) is 1. The average Bonchev–Trinajstić information content (AvgIpc) is 2.32. The first-order valence-corrected chi connectivity index (χ1v) is 7.51. The maximum atomic E-state index is 9.96. The van der Waals surface area contributed by atoms with Gasteiger partial charge in [0, 0.05) is 10.0 Å². The van der Waals surface area contributed by atoms with E-state index in [1.165, 1.54) is 25.7 Å². The Kier molecular flexibility index (Phi) is 7.73. The summed E-state index contributed by atoms with van der Waals surface area (Å²) in [4.78, 5) is 0. The van der Waals surface area contributed by atoms with Crippen LogP contribution in [0, 0.1) is 0 Å². The Balaban J connectivity index is 2.28. The van der Waals surface area contributed by atoms with E-state index in [0.717, 1.165) is 18.4 Å². The lowest BCUT2D eigenvalue weighted by molar-refractivity contribution is 0.161. The van der Waals surface area contributed by atoms with Crippen LogP contribution in [0.3, 0.4) is 0 Å². The van der Waals surface area contributed by atoms with E-state index >= 15 is 0 Å². The van der Waals surface area contributed by atoms with Gasteiger partial charge < -0.3 is 5.11 Å². The van der Waals surface area contributed by atoms with Crippen molar-refractivity contribution in [1.29, 1.82) is 0 Å². The summed E-state index contributed by atoms with van der Waals surface area (Å²) in [7, 11) is 0. The van der Waals surface area contributed by atoms with Gasteiger partial charge in [0.2, 0.25) is 0 Å². The standard InChI is InChI=1S/C15H22Cl2O/c1-2-3-4-5-6-7-14(18)10-12-8-9-13(16)11-15(12)17/h8-9,11,14,18H,2-7,10H2,1H3. The Morgan fingerprint density at radius 2 is 1.83 bits per heavy atom. The number of benzene rings is 1. The second-order valence-electron chi connectivity index (χ2n) is 4.80. The molecule has 0 saturated carbocycles. The van der Waals surface area contributed by atoms with Gasteiger partial charge in [-0.1, -0.05) is 68.3 Å². The summed E-state index contributed by atoms with van der Waals surface area (Å²) in [6, 6.07) is 5.44. The molecule has 0 aliphatic carbocycles. The van der Waals surface area contributed by atoms with Gasteiger partial charge in [0.15, 0.2) is 0 Å². The van der Waals surface area contributed by atoms with Gasteiger partial charge >= 0.3 is 0 Å². The maximum absolute atomic E-state index is 9.96. The normalized spacial score (nSPS) is 12.7. The van der Waals surface area contributed by atoms with Crippen LogP contribution < -0.4 is 0 Å². The van der Waals surface area contributed by atoms with Gasteiger partial charge in [0.25, 0.3) is 0 Å². The van der Waals surface area contributed by atoms with Gasteiger partial charge in [-0.2, -0.15) is 0 Å². The van der Waals surface area contributed by atoms with Crippen LogP contribution >= 0.6 is 23.2 Å². The molecular weight excluding hydrogens is 267 g/mol. The van der Waals surface area contributed by atoms with E-state index in [-0.39, 0.29) is 6.10 Å². The Morgan fingerprint density at radius 1 is 1.11 bits per heavy atom. The second-order valence-corrected chi connectivity index (χ2v) is 5.64. The lowest BCUT2D eigenvalue weighted by Gasteiger charge is -2.11. The van der Waals surface area contributed by atoms with Crippen LogP contribution in [0.4, 0.5) is 0 Å². The van der Waals surface area contributed by atoms with Crippen molar-refractivity contribution < 1.29 is 5.11 Å². The van der Waals surface area contributed by atoms with Crippen LogP contribution in [0.2, 0.25) is 10.0 Å². The van der Waals surface area contributed by atoms with E-state index in [2.05, 4.69) is 6.92 Å². The molecule has 0 radical (unpaired) electrons. The zero-order valence-electron chi connectivity index (χ0n) is 11.0. The molecule has 1 aromatic carbocycles. The molecule has 0 saturated heterocycles. The van der Waals surface area contributed by atoms with Crippen LogP contribution in [-0.2, 0) is 6.42 Å². The van der Waals surface area contributed by atoms with Crippen LogP contribution in [0.1, 0.15) is 51.0 Å². The van der Waals surface area contributed by atoms with E-state index in [1.807, 2.05) is 12.1 Å². The fourth-order valence-corrected chi connectivity index (χ4v) is 2.51. The zero-order valence-corrected chi connectivity index (χ0v) is 12.5. The molecule has 1 aromatic rings. The summed E-state index contributed by atoms with van der Waals surface area (Å²) in [6.45, 7) is 2.21. The molecule has 0 aromatic heterocycles. The van der Waals surface area contributed by atoms with Gasteiger partial charge in [-0.3, -0.25) is 0 Å². The number of aliphatic hydroxyl groups is 1. The third-order valence-electron chi connectivity index (χ3n) is 3.11. The molecule has 1 rings (SSSR count). The summed E-state index contributed by atoms with van der Waals surface area (Å²) in [5.41, 5.74) is 0.974. The molecule has 1 nitrogen and oxygen atoms in total. The molecule has 3 heteroatoms. The van der Waals surface area contributed by atoms with Crippen molar-refractivity contribution in [2.45, 2.75) is 58.0 Å². The highest BCUT2D eigenvalue weighted by atomic mass is 35.5. The molecular formula is C15H22Cl2O. The summed E-state index contributed by atoms with van der Waals surface area (Å²) >= 11 is 11.9. The lowest BCUT2D eigenvalue weighted by Crippen LogP contribution is -2.10. The van der Waals surface area contributed by atoms with E-state index in [4.69, 9.17) is 23.2 Å². The van der Waals surface area contributed by atoms with Gasteiger partial charge in [-0.05, 0) is 30.5 Å². The predicted molar refractivity (Wildman–Crippen MR) is 79.5 cm³/mol. The number of hydrogen-bond donors (Lipinski definition) is 1. The van der Waals surface area contributed by atoms with Gasteiger partial charge in [-0.15, -0.1) is 0 Å². The van der Waals surface area contributed by atoms with E-state index in [1.54, 1.807) is 6.07 Å². The van der Waals surface area contributed by atoms with Crippen LogP contribution in [0.25, 0.3) is 0 Å². The Labute approximate surface area is 120 Å². The summed E-state index contributed by atoms with van der Waals surface area (Å²) in [5, 5.41) is 11.2. The third-order valence-corrected chi connectivity index (χ3v) is 3.70. The van der Waals surface area contributed by atoms with Gasteiger partial charge in [0.1, 0.15) is 0 Å². The highest BCUT2D eigenvalue weighted by Gasteiger charge is 2.08. The number of unbranched alkanes of at least 4 members (excludes halogenated alkanes) is 4. The van der Waals surface area contributed by atoms with Crippen molar-refractivity contribution in [3.8, 4) is 0 Å². The summed E-state index contributed by atoms with van der Waals surface area (Å²) in [5.74, 6) is 0. The first-order valence-electron chi connectivity index (χ1n) is 6.75. The molecule has 1 atom stereocenters. The van der Waals surface area contributed by atoms with Crippen molar-refractivity contribution in [2.75, 3.05) is 0 Å². The Hall–Kier alpha value is -0.240. The molecule has 0 amide bonds. The first kappa shape index (κ1) is 15.8. The lowest BCUT2D eigenvalue weighted by atomic mass is 10.0. The second kappa shape index (κ2) is 8.79. The highest BCUT2D eigenvalue weighted by Crippen LogP contribution is 2.23. The maximum Gasteiger partial charge on any atom is 0.0581 e. The predicted octanol–water partition coefficient (Wildman–Crippen LogP) is 5.26. The van der Waals surface area contributed by atoms with E-state index in [0.29, 0.717) is 16.5 Å². The third kappa shape index (κ3) is 6.08. The minimum Gasteiger partial charge on any atom is -0.393 e. The Bertz CT molecular complexity index is 352. The fraction of sp³-hybridized carbons (Fsp3) is 0.600. The monoisotopic (exact) mass is 288 g/mol. The SMILES string of the molecule is CCCCCCCC(O)Cc1ccc(Cl)cc1Cl. The van der Waals surface area contributed by atoms with Crippen molar-refractivity contribution in [3.05, 3.63) is 33.8 Å². The fourth-order valence-electron chi connectivity index (χ4n) is 2.03. The topological polar surface area (TPSA) is 20.2 Å². The van der Waals surface area contributed by atoms with Crippen molar-refractivity contribution >= 4 is 23.2 Å². The number of aliphatic hydroxyl groups excluding tert-OH is 1. The minimum absolute atomic E-state index is 0.301. The molecule has 0 aliphatic rings. The molecule has 0 fully saturated rings. The number of rotatable bonds is 8. The molecule has 102 valence electrons. The Morgan fingerprint density at radius 3 is 2.50 bits per heavy atom. The summed E-state index contributed by atoms with van der Waals surface area (Å²) in [6.07, 6.45) is 7.27. The van der Waals surface area contributed by atoms with Crippen molar-refractivity contribution in [2.24, 2.45) is 0 Å². The molecule has 0 bridgehead atoms. The molecule has 18 heavy (non-hydrogen) atoms. The molecule has 0 aliphatic heterocycles. The van der Waals surface area contributed by atoms with E-state index < -0.39 is 0 Å². The van der Waals surface area contributed by atoms with E-state index in [9.17, 15) is 5.11 Å². The molecule has 0 heterocycles. The van der Waals surface area contributed by atoms with Crippen LogP contribution in [-0.4, -0.2) is 11.2 Å². The van der Waals surface area contributed by atoms with Crippen LogP contribution in [0.15, 0.2) is 18.2 Å². The minimum atomic E-state index is -0.301. The van der Waals surface area contributed by atoms with Crippen molar-refractivity contribution in [1.82, 2.24) is 0 Å². The highest BCUT2D eigenvalue weighted by molar-refractivity contribution is 6.35. The molecule has 0 spiro atoms. The zero-order chi connectivity index (χ0) is 13.4. The smallest absolute Gasteiger partial charge is 0.0581 e. The average molecular weight is 289 g/mol. The van der Waals surface area contributed by atoms with Gasteiger partial charge in [-0.25, -0.2) is 0 Å². The quantitative estimate of drug-likeness (QED) is 0.647. The number of halogens is 2. The first-order chi connectivity index (χ1) is 8.63. The summed E-state index contributed by atoms with van der Waals surface area (Å²) < 4.78 is 0. The van der Waals surface area contributed by atoms with Crippen LogP contribution in [0.5, 0.6) is 0 Å².